The zero-order valence-corrected chi connectivity index (χ0v) is 13.2. The number of fused-ring (bicyclic) bond motifs is 1. The number of nitrogens with one attached hydrogen (secondary N) is 1. The molecule has 0 aromatic heterocycles. The van der Waals surface area contributed by atoms with Gasteiger partial charge in [0.1, 0.15) is 5.75 Å². The number of amides is 1. The predicted molar refractivity (Wildman–Crippen MR) is 84.3 cm³/mol. The first-order valence-corrected chi connectivity index (χ1v) is 7.86. The molecule has 1 aromatic rings. The molecule has 116 valence electrons. The van der Waals surface area contributed by atoms with Crippen LogP contribution < -0.4 is 5.32 Å². The topological polar surface area (TPSA) is 52.6 Å². The molecule has 1 atom stereocenters. The van der Waals surface area contributed by atoms with Gasteiger partial charge >= 0.3 is 0 Å². The number of carbonyl (C=O) groups excluding carboxylic acids is 1. The lowest BCUT2D eigenvalue weighted by Gasteiger charge is -2.35. The van der Waals surface area contributed by atoms with Gasteiger partial charge in [-0.25, -0.2) is 0 Å². The second-order valence-corrected chi connectivity index (χ2v) is 6.08. The fourth-order valence-electron chi connectivity index (χ4n) is 3.14. The molecule has 0 saturated carbocycles. The smallest absolute Gasteiger partial charge is 0.234 e. The molecule has 1 amide bonds. The van der Waals surface area contributed by atoms with Gasteiger partial charge in [0.05, 0.1) is 6.54 Å². The average Bonchev–Trinajstić information content (AvgIpc) is 2.43. The molecule has 2 rings (SSSR count). The van der Waals surface area contributed by atoms with E-state index in [2.05, 4.69) is 17.1 Å². The van der Waals surface area contributed by atoms with Crippen molar-refractivity contribution in [3.63, 3.8) is 0 Å². The molecule has 0 bridgehead atoms. The van der Waals surface area contributed by atoms with Crippen molar-refractivity contribution >= 4 is 5.91 Å². The van der Waals surface area contributed by atoms with Crippen molar-refractivity contribution in [1.82, 2.24) is 10.2 Å². The van der Waals surface area contributed by atoms with Crippen LogP contribution in [0.5, 0.6) is 5.75 Å². The minimum atomic E-state index is 0.0686. The molecule has 1 unspecified atom stereocenters. The van der Waals surface area contributed by atoms with E-state index in [1.807, 2.05) is 26.0 Å². The number of nitrogens with zero attached hydrogens (tertiary/aromatic N) is 1. The molecule has 4 heteroatoms. The fourth-order valence-corrected chi connectivity index (χ4v) is 3.14. The quantitative estimate of drug-likeness (QED) is 0.876. The van der Waals surface area contributed by atoms with Crippen molar-refractivity contribution in [1.29, 1.82) is 0 Å². The fraction of sp³-hybridized carbons (Fsp3) is 0.588. The van der Waals surface area contributed by atoms with Crippen molar-refractivity contribution < 1.29 is 9.90 Å². The van der Waals surface area contributed by atoms with Gasteiger partial charge in [0.25, 0.3) is 0 Å². The summed E-state index contributed by atoms with van der Waals surface area (Å²) in [7, 11) is 0. The first-order valence-electron chi connectivity index (χ1n) is 7.86. The summed E-state index contributed by atoms with van der Waals surface area (Å²) in [5.41, 5.74) is 2.48. The highest BCUT2D eigenvalue weighted by Crippen LogP contribution is 2.35. The largest absolute Gasteiger partial charge is 0.508 e. The Balaban J connectivity index is 2.16. The number of hydrogen-bond acceptors (Lipinski definition) is 3. The molecule has 0 saturated heterocycles. The van der Waals surface area contributed by atoms with E-state index in [-0.39, 0.29) is 18.0 Å². The van der Waals surface area contributed by atoms with E-state index in [0.717, 1.165) is 25.8 Å². The third-order valence-electron chi connectivity index (χ3n) is 4.06. The van der Waals surface area contributed by atoms with Gasteiger partial charge in [-0.3, -0.25) is 9.69 Å². The maximum absolute atomic E-state index is 12.0. The van der Waals surface area contributed by atoms with Crippen molar-refractivity contribution in [2.24, 2.45) is 0 Å². The summed E-state index contributed by atoms with van der Waals surface area (Å²) in [5, 5.41) is 12.7. The SMILES string of the molecule is CCN(CC(=O)NC(C)C)C1CCCc2ccc(O)cc21. The molecular formula is C17H26N2O2. The number of aromatic hydroxyl groups is 1. The third-order valence-corrected chi connectivity index (χ3v) is 4.06. The molecule has 0 spiro atoms. The van der Waals surface area contributed by atoms with Crippen molar-refractivity contribution in [3.05, 3.63) is 29.3 Å². The number of phenolic OH excluding ortho intramolecular Hbond substituents is 1. The summed E-state index contributed by atoms with van der Waals surface area (Å²) in [6.45, 7) is 7.27. The molecule has 2 N–H and O–H groups in total. The average molecular weight is 290 g/mol. The highest BCUT2D eigenvalue weighted by Gasteiger charge is 2.26. The lowest BCUT2D eigenvalue weighted by atomic mass is 9.86. The number of rotatable bonds is 5. The second-order valence-electron chi connectivity index (χ2n) is 6.08. The van der Waals surface area contributed by atoms with Crippen molar-refractivity contribution in [2.75, 3.05) is 13.1 Å². The zero-order valence-electron chi connectivity index (χ0n) is 13.2. The van der Waals surface area contributed by atoms with E-state index in [1.165, 1.54) is 11.1 Å². The van der Waals surface area contributed by atoms with Gasteiger partial charge in [-0.2, -0.15) is 0 Å². The first-order chi connectivity index (χ1) is 10.0. The minimum Gasteiger partial charge on any atom is -0.508 e. The van der Waals surface area contributed by atoms with Gasteiger partial charge in [-0.15, -0.1) is 0 Å². The molecular weight excluding hydrogens is 264 g/mol. The first kappa shape index (κ1) is 15.8. The Morgan fingerprint density at radius 2 is 2.24 bits per heavy atom. The number of likely N-dealkylation sites (N-methyl/N-ethyl adjacent to an activating group) is 1. The highest BCUT2D eigenvalue weighted by molar-refractivity contribution is 5.78. The van der Waals surface area contributed by atoms with Crippen LogP contribution in [0.15, 0.2) is 18.2 Å². The lowest BCUT2D eigenvalue weighted by Crippen LogP contribution is -2.42. The Kier molecular flexibility index (Phi) is 5.23. The number of hydrogen-bond donors (Lipinski definition) is 2. The highest BCUT2D eigenvalue weighted by atomic mass is 16.3. The van der Waals surface area contributed by atoms with E-state index >= 15 is 0 Å². The number of aryl methyl sites for hydroxylation is 1. The molecule has 1 aliphatic rings. The molecule has 21 heavy (non-hydrogen) atoms. The Labute approximate surface area is 127 Å². The lowest BCUT2D eigenvalue weighted by molar-refractivity contribution is -0.123. The van der Waals surface area contributed by atoms with Crippen molar-refractivity contribution in [3.8, 4) is 5.75 Å². The summed E-state index contributed by atoms with van der Waals surface area (Å²) in [4.78, 5) is 14.2. The molecule has 0 radical (unpaired) electrons. The second kappa shape index (κ2) is 6.94. The summed E-state index contributed by atoms with van der Waals surface area (Å²) in [6.07, 6.45) is 3.23. The molecule has 0 aliphatic heterocycles. The predicted octanol–water partition coefficient (Wildman–Crippen LogP) is 2.62. The van der Waals surface area contributed by atoms with Crippen LogP contribution in [0.3, 0.4) is 0 Å². The van der Waals surface area contributed by atoms with E-state index in [1.54, 1.807) is 6.07 Å². The number of phenols is 1. The molecule has 1 aliphatic carbocycles. The van der Waals surface area contributed by atoms with Crippen LogP contribution in [0, 0.1) is 0 Å². The van der Waals surface area contributed by atoms with E-state index < -0.39 is 0 Å². The standard InChI is InChI=1S/C17H26N2O2/c1-4-19(11-17(21)18-12(2)3)16-7-5-6-13-8-9-14(20)10-15(13)16/h8-10,12,16,20H,4-7,11H2,1-3H3,(H,18,21). The molecule has 4 nitrogen and oxygen atoms in total. The minimum absolute atomic E-state index is 0.0686. The molecule has 0 fully saturated rings. The van der Waals surface area contributed by atoms with E-state index in [0.29, 0.717) is 12.3 Å². The molecule has 1 aromatic carbocycles. The summed E-state index contributed by atoms with van der Waals surface area (Å²) in [6, 6.07) is 6.02. The Hall–Kier alpha value is -1.55. The van der Waals surface area contributed by atoms with Gasteiger partial charge < -0.3 is 10.4 Å². The van der Waals surface area contributed by atoms with Gasteiger partial charge in [0.2, 0.25) is 5.91 Å². The summed E-state index contributed by atoms with van der Waals surface area (Å²) in [5.74, 6) is 0.377. The van der Waals surface area contributed by atoms with Crippen LogP contribution in [0.25, 0.3) is 0 Å². The monoisotopic (exact) mass is 290 g/mol. The van der Waals surface area contributed by atoms with Gasteiger partial charge in [0, 0.05) is 12.1 Å². The van der Waals surface area contributed by atoms with Crippen molar-refractivity contribution in [2.45, 2.75) is 52.1 Å². The van der Waals surface area contributed by atoms with Crippen LogP contribution in [-0.2, 0) is 11.2 Å². The van der Waals surface area contributed by atoms with Crippen LogP contribution in [0.1, 0.15) is 50.8 Å². The van der Waals surface area contributed by atoms with Crippen LogP contribution in [0.2, 0.25) is 0 Å². The maximum atomic E-state index is 12.0. The Morgan fingerprint density at radius 3 is 2.90 bits per heavy atom. The van der Waals surface area contributed by atoms with Crippen LogP contribution in [-0.4, -0.2) is 35.0 Å². The number of benzene rings is 1. The normalized spacial score (nSPS) is 17.9. The number of carbonyl (C=O) groups is 1. The van der Waals surface area contributed by atoms with Crippen LogP contribution in [0.4, 0.5) is 0 Å². The van der Waals surface area contributed by atoms with Gasteiger partial charge in [-0.05, 0) is 62.9 Å². The Bertz CT molecular complexity index is 500. The Morgan fingerprint density at radius 1 is 1.48 bits per heavy atom. The van der Waals surface area contributed by atoms with E-state index in [4.69, 9.17) is 0 Å². The summed E-state index contributed by atoms with van der Waals surface area (Å²) < 4.78 is 0. The van der Waals surface area contributed by atoms with Gasteiger partial charge in [-0.1, -0.05) is 13.0 Å². The van der Waals surface area contributed by atoms with Gasteiger partial charge in [0.15, 0.2) is 0 Å². The molecule has 0 heterocycles. The zero-order chi connectivity index (χ0) is 15.4. The third kappa shape index (κ3) is 3.97. The van der Waals surface area contributed by atoms with E-state index in [9.17, 15) is 9.90 Å². The maximum Gasteiger partial charge on any atom is 0.234 e. The van der Waals surface area contributed by atoms with Crippen LogP contribution >= 0.6 is 0 Å². The summed E-state index contributed by atoms with van der Waals surface area (Å²) >= 11 is 0.